The van der Waals surface area contributed by atoms with Gasteiger partial charge in [0.15, 0.2) is 0 Å². The van der Waals surface area contributed by atoms with Crippen LogP contribution in [0.15, 0.2) is 79.8 Å². The van der Waals surface area contributed by atoms with Crippen molar-refractivity contribution in [2.24, 2.45) is 11.8 Å². The fourth-order valence-electron chi connectivity index (χ4n) is 5.94. The molecule has 8 nitrogen and oxygen atoms in total. The summed E-state index contributed by atoms with van der Waals surface area (Å²) < 4.78 is 2.23. The van der Waals surface area contributed by atoms with Crippen molar-refractivity contribution < 1.29 is 9.59 Å². The van der Waals surface area contributed by atoms with Crippen LogP contribution in [0.1, 0.15) is 29.2 Å². The number of hydrogen-bond donors (Lipinski definition) is 2. The average molecular weight is 493 g/mol. The number of nitrogens with zero attached hydrogens (tertiary/aromatic N) is 4. The van der Waals surface area contributed by atoms with Gasteiger partial charge in [-0.25, -0.2) is 9.97 Å². The fraction of sp³-hybridized carbons (Fsp3) is 0.241. The van der Waals surface area contributed by atoms with Crippen LogP contribution in [0.2, 0.25) is 0 Å². The van der Waals surface area contributed by atoms with E-state index in [1.807, 2.05) is 59.5 Å². The van der Waals surface area contributed by atoms with Crippen LogP contribution < -0.4 is 11.1 Å². The van der Waals surface area contributed by atoms with Gasteiger partial charge in [0.1, 0.15) is 17.8 Å². The lowest BCUT2D eigenvalue weighted by Crippen LogP contribution is -2.28. The summed E-state index contributed by atoms with van der Waals surface area (Å²) in [6.07, 6.45) is 7.00. The van der Waals surface area contributed by atoms with Gasteiger partial charge in [-0.05, 0) is 60.6 Å². The highest BCUT2D eigenvalue weighted by atomic mass is 16.2. The molecule has 2 aromatic carbocycles. The number of fused-ring (bicyclic) bond motifs is 2. The van der Waals surface area contributed by atoms with Crippen LogP contribution in [-0.2, 0) is 4.79 Å². The molecule has 2 unspecified atom stereocenters. The second-order valence-corrected chi connectivity index (χ2v) is 9.90. The Bertz CT molecular complexity index is 1480. The number of carbonyl (C=O) groups excluding carboxylic acids is 2. The molecule has 2 atom stereocenters. The van der Waals surface area contributed by atoms with E-state index >= 15 is 0 Å². The molecule has 2 amide bonds. The number of benzene rings is 2. The number of para-hydroxylation sites is 1. The Labute approximate surface area is 214 Å². The predicted octanol–water partition coefficient (Wildman–Crippen LogP) is 4.53. The normalized spacial score (nSPS) is 20.6. The fourth-order valence-corrected chi connectivity index (χ4v) is 5.94. The molecule has 3 heterocycles. The standard InChI is InChI=1S/C29H28N6O2/c1-2-25(36)34-14-20-12-23(13-21(20)15-34)35-16-24(26-27(30)31-17-32-28(26)35)18-8-10-19(11-9-18)29(37)33-22-6-4-3-5-7-22/h2-11,16-17,20-21,23H,1,12-15H2,(H,33,37)(H2,30,31,32). The van der Waals surface area contributed by atoms with Gasteiger partial charge >= 0.3 is 0 Å². The van der Waals surface area contributed by atoms with Crippen LogP contribution in [0.4, 0.5) is 11.5 Å². The molecular formula is C29H28N6O2. The number of nitrogens with two attached hydrogens (primary N) is 1. The Kier molecular flexibility index (Phi) is 5.71. The summed E-state index contributed by atoms with van der Waals surface area (Å²) in [6, 6.07) is 17.2. The number of nitrogens with one attached hydrogen (secondary N) is 1. The number of carbonyl (C=O) groups is 2. The highest BCUT2D eigenvalue weighted by molar-refractivity contribution is 6.05. The first kappa shape index (κ1) is 23.0. The van der Waals surface area contributed by atoms with E-state index in [0.29, 0.717) is 23.2 Å². The maximum absolute atomic E-state index is 12.7. The molecule has 2 fully saturated rings. The predicted molar refractivity (Wildman–Crippen MR) is 144 cm³/mol. The van der Waals surface area contributed by atoms with Gasteiger partial charge in [-0.1, -0.05) is 36.9 Å². The second-order valence-electron chi connectivity index (χ2n) is 9.90. The molecule has 1 saturated heterocycles. The molecule has 3 N–H and O–H groups in total. The van der Waals surface area contributed by atoms with E-state index in [4.69, 9.17) is 5.73 Å². The zero-order valence-corrected chi connectivity index (χ0v) is 20.4. The van der Waals surface area contributed by atoms with Gasteiger partial charge in [0.25, 0.3) is 5.91 Å². The summed E-state index contributed by atoms with van der Waals surface area (Å²) >= 11 is 0. The zero-order chi connectivity index (χ0) is 25.5. The van der Waals surface area contributed by atoms with Gasteiger partial charge in [-0.2, -0.15) is 0 Å². The SMILES string of the molecule is C=CC(=O)N1CC2CC(n3cc(-c4ccc(C(=O)Nc5ccccc5)cc4)c4c(N)ncnc43)CC2C1. The molecular weight excluding hydrogens is 464 g/mol. The molecule has 2 aromatic heterocycles. The molecule has 186 valence electrons. The van der Waals surface area contributed by atoms with Crippen molar-refractivity contribution in [1.82, 2.24) is 19.4 Å². The van der Waals surface area contributed by atoms with Crippen LogP contribution in [0.5, 0.6) is 0 Å². The highest BCUT2D eigenvalue weighted by Crippen LogP contribution is 2.46. The van der Waals surface area contributed by atoms with Crippen molar-refractivity contribution in [2.75, 3.05) is 24.1 Å². The largest absolute Gasteiger partial charge is 0.383 e. The van der Waals surface area contributed by atoms with Crippen molar-refractivity contribution in [3.63, 3.8) is 0 Å². The minimum atomic E-state index is -0.162. The van der Waals surface area contributed by atoms with Crippen molar-refractivity contribution >= 4 is 34.4 Å². The van der Waals surface area contributed by atoms with Crippen molar-refractivity contribution in [1.29, 1.82) is 0 Å². The zero-order valence-electron chi connectivity index (χ0n) is 20.4. The summed E-state index contributed by atoms with van der Waals surface area (Å²) in [6.45, 7) is 5.18. The minimum Gasteiger partial charge on any atom is -0.383 e. The van der Waals surface area contributed by atoms with Gasteiger partial charge in [0, 0.05) is 42.1 Å². The summed E-state index contributed by atoms with van der Waals surface area (Å²) in [4.78, 5) is 35.5. The summed E-state index contributed by atoms with van der Waals surface area (Å²) in [5, 5.41) is 3.74. The Hall–Kier alpha value is -4.46. The van der Waals surface area contributed by atoms with E-state index in [-0.39, 0.29) is 17.9 Å². The van der Waals surface area contributed by atoms with Crippen LogP contribution in [0, 0.1) is 11.8 Å². The molecule has 2 aliphatic rings. The van der Waals surface area contributed by atoms with E-state index in [1.165, 1.54) is 12.4 Å². The molecule has 0 radical (unpaired) electrons. The number of hydrogen-bond acceptors (Lipinski definition) is 5. The number of rotatable bonds is 5. The van der Waals surface area contributed by atoms with Gasteiger partial charge in [0.2, 0.25) is 5.91 Å². The van der Waals surface area contributed by atoms with Crippen LogP contribution in [-0.4, -0.2) is 44.3 Å². The maximum Gasteiger partial charge on any atom is 0.255 e. The Balaban J connectivity index is 1.27. The Morgan fingerprint density at radius 2 is 1.70 bits per heavy atom. The van der Waals surface area contributed by atoms with Crippen molar-refractivity contribution in [3.05, 3.63) is 85.3 Å². The Morgan fingerprint density at radius 1 is 1.00 bits per heavy atom. The first-order valence-corrected chi connectivity index (χ1v) is 12.5. The Morgan fingerprint density at radius 3 is 2.38 bits per heavy atom. The van der Waals surface area contributed by atoms with Crippen LogP contribution >= 0.6 is 0 Å². The van der Waals surface area contributed by atoms with Gasteiger partial charge in [0.05, 0.1) is 5.39 Å². The first-order chi connectivity index (χ1) is 18.0. The number of aromatic nitrogens is 3. The number of amides is 2. The van der Waals surface area contributed by atoms with Crippen LogP contribution in [0.3, 0.4) is 0 Å². The third-order valence-corrected chi connectivity index (χ3v) is 7.73. The molecule has 6 rings (SSSR count). The van der Waals surface area contributed by atoms with Gasteiger partial charge in [-0.15, -0.1) is 0 Å². The van der Waals surface area contributed by atoms with Crippen molar-refractivity contribution in [3.8, 4) is 11.1 Å². The maximum atomic E-state index is 12.7. The van der Waals surface area contributed by atoms with E-state index in [9.17, 15) is 9.59 Å². The third kappa shape index (κ3) is 4.14. The third-order valence-electron chi connectivity index (χ3n) is 7.73. The molecule has 0 bridgehead atoms. The lowest BCUT2D eigenvalue weighted by Gasteiger charge is -2.19. The molecule has 37 heavy (non-hydrogen) atoms. The highest BCUT2D eigenvalue weighted by Gasteiger charge is 2.43. The summed E-state index contributed by atoms with van der Waals surface area (Å²) in [5.41, 5.74) is 10.4. The van der Waals surface area contributed by atoms with E-state index in [0.717, 1.165) is 53.8 Å². The molecule has 4 aromatic rings. The van der Waals surface area contributed by atoms with Crippen molar-refractivity contribution in [2.45, 2.75) is 18.9 Å². The number of anilines is 2. The summed E-state index contributed by atoms with van der Waals surface area (Å²) in [7, 11) is 0. The number of likely N-dealkylation sites (tertiary alicyclic amines) is 1. The monoisotopic (exact) mass is 492 g/mol. The molecule has 1 aliphatic heterocycles. The lowest BCUT2D eigenvalue weighted by molar-refractivity contribution is -0.125. The summed E-state index contributed by atoms with van der Waals surface area (Å²) in [5.74, 6) is 1.23. The van der Waals surface area contributed by atoms with E-state index in [2.05, 4.69) is 32.6 Å². The second kappa shape index (κ2) is 9.20. The topological polar surface area (TPSA) is 106 Å². The minimum absolute atomic E-state index is 0.0149. The lowest BCUT2D eigenvalue weighted by atomic mass is 10.0. The van der Waals surface area contributed by atoms with Gasteiger partial charge in [-0.3, -0.25) is 9.59 Å². The average Bonchev–Trinajstić information content (AvgIpc) is 3.61. The smallest absolute Gasteiger partial charge is 0.255 e. The number of nitrogen functional groups attached to an aromatic ring is 1. The van der Waals surface area contributed by atoms with Gasteiger partial charge < -0.3 is 20.5 Å². The first-order valence-electron chi connectivity index (χ1n) is 12.5. The van der Waals surface area contributed by atoms with E-state index < -0.39 is 0 Å². The molecule has 0 spiro atoms. The van der Waals surface area contributed by atoms with Crippen LogP contribution in [0.25, 0.3) is 22.2 Å². The quantitative estimate of drug-likeness (QED) is 0.398. The molecule has 1 saturated carbocycles. The molecule has 1 aliphatic carbocycles. The van der Waals surface area contributed by atoms with E-state index in [1.54, 1.807) is 0 Å². The molecule has 8 heteroatoms.